The minimum atomic E-state index is -0.0518. The fourth-order valence-electron chi connectivity index (χ4n) is 0.627. The van der Waals surface area contributed by atoms with Crippen LogP contribution in [-0.4, -0.2) is 18.5 Å². The Morgan fingerprint density at radius 2 is 1.23 bits per heavy atom. The molecule has 13 heavy (non-hydrogen) atoms. The zero-order valence-electron chi connectivity index (χ0n) is 8.68. The first-order chi connectivity index (χ1) is 5.95. The number of hydrogen-bond acceptors (Lipinski definition) is 2. The molecule has 0 saturated carbocycles. The molecule has 0 aromatic heterocycles. The Morgan fingerprint density at radius 1 is 0.923 bits per heavy atom. The van der Waals surface area contributed by atoms with Gasteiger partial charge in [0.05, 0.1) is 6.67 Å². The zero-order valence-corrected chi connectivity index (χ0v) is 8.68. The molecule has 0 unspecified atom stereocenters. The molecule has 0 aromatic carbocycles. The highest BCUT2D eigenvalue weighted by Gasteiger charge is 2.08. The largest absolute Gasteiger partial charge is 0.338 e. The third kappa shape index (κ3) is 5.22. The van der Waals surface area contributed by atoms with Crippen molar-refractivity contribution in [1.82, 2.24) is 10.6 Å². The van der Waals surface area contributed by atoms with Gasteiger partial charge in [0, 0.05) is 11.8 Å². The molecule has 0 atom stereocenters. The van der Waals surface area contributed by atoms with Gasteiger partial charge in [0.1, 0.15) is 0 Å². The molecule has 4 nitrogen and oxygen atoms in total. The SMILES string of the molecule is CC(C)C(=O)NCNC(=O)C(C)C. The van der Waals surface area contributed by atoms with E-state index in [4.69, 9.17) is 0 Å². The molecule has 2 N–H and O–H groups in total. The van der Waals surface area contributed by atoms with Crippen LogP contribution in [0.4, 0.5) is 0 Å². The maximum absolute atomic E-state index is 11.0. The Morgan fingerprint density at radius 3 is 1.46 bits per heavy atom. The lowest BCUT2D eigenvalue weighted by Crippen LogP contribution is -2.40. The monoisotopic (exact) mass is 186 g/mol. The third-order valence-corrected chi connectivity index (χ3v) is 1.57. The molecule has 0 aliphatic carbocycles. The van der Waals surface area contributed by atoms with Gasteiger partial charge in [-0.25, -0.2) is 0 Å². The van der Waals surface area contributed by atoms with Crippen molar-refractivity contribution in [3.63, 3.8) is 0 Å². The predicted molar refractivity (Wildman–Crippen MR) is 50.8 cm³/mol. The smallest absolute Gasteiger partial charge is 0.223 e. The van der Waals surface area contributed by atoms with Gasteiger partial charge in [-0.15, -0.1) is 0 Å². The average molecular weight is 186 g/mol. The second-order valence-electron chi connectivity index (χ2n) is 3.57. The van der Waals surface area contributed by atoms with E-state index in [0.29, 0.717) is 0 Å². The summed E-state index contributed by atoms with van der Waals surface area (Å²) in [5.41, 5.74) is 0. The minimum absolute atomic E-state index is 0.0454. The second-order valence-corrected chi connectivity index (χ2v) is 3.57. The standard InChI is InChI=1S/C9H18N2O2/c1-6(2)8(12)10-5-11-9(13)7(3)4/h6-7H,5H2,1-4H3,(H,10,12)(H,11,13). The fraction of sp³-hybridized carbons (Fsp3) is 0.778. The Kier molecular flexibility index (Phi) is 5.11. The summed E-state index contributed by atoms with van der Waals surface area (Å²) in [6, 6.07) is 0. The molecule has 0 heterocycles. The summed E-state index contributed by atoms with van der Waals surface area (Å²) in [5.74, 6) is -0.194. The predicted octanol–water partition coefficient (Wildman–Crippen LogP) is 0.488. The van der Waals surface area contributed by atoms with Crippen LogP contribution in [0.25, 0.3) is 0 Å². The molecule has 2 amide bonds. The van der Waals surface area contributed by atoms with Crippen LogP contribution < -0.4 is 10.6 Å². The Balaban J connectivity index is 3.57. The third-order valence-electron chi connectivity index (χ3n) is 1.57. The number of rotatable bonds is 4. The highest BCUT2D eigenvalue weighted by atomic mass is 16.2. The van der Waals surface area contributed by atoms with E-state index < -0.39 is 0 Å². The molecular formula is C9H18N2O2. The molecule has 0 aliphatic rings. The lowest BCUT2D eigenvalue weighted by atomic mass is 10.2. The Labute approximate surface area is 79.1 Å². The number of carbonyl (C=O) groups excluding carboxylic acids is 2. The van der Waals surface area contributed by atoms with E-state index in [1.54, 1.807) is 27.7 Å². The van der Waals surface area contributed by atoms with Gasteiger partial charge in [0.2, 0.25) is 11.8 Å². The number of nitrogens with one attached hydrogen (secondary N) is 2. The maximum atomic E-state index is 11.0. The highest BCUT2D eigenvalue weighted by Crippen LogP contribution is 1.90. The van der Waals surface area contributed by atoms with Crippen LogP contribution in [0.3, 0.4) is 0 Å². The summed E-state index contributed by atoms with van der Waals surface area (Å²) >= 11 is 0. The van der Waals surface area contributed by atoms with Gasteiger partial charge < -0.3 is 10.6 Å². The van der Waals surface area contributed by atoms with E-state index in [-0.39, 0.29) is 30.3 Å². The topological polar surface area (TPSA) is 58.2 Å². The van der Waals surface area contributed by atoms with Gasteiger partial charge in [-0.05, 0) is 0 Å². The number of hydrogen-bond donors (Lipinski definition) is 2. The molecule has 0 radical (unpaired) electrons. The van der Waals surface area contributed by atoms with Gasteiger partial charge in [-0.1, -0.05) is 27.7 Å². The minimum Gasteiger partial charge on any atom is -0.338 e. The second kappa shape index (κ2) is 5.56. The van der Waals surface area contributed by atoms with Crippen LogP contribution in [0.5, 0.6) is 0 Å². The van der Waals surface area contributed by atoms with E-state index in [1.165, 1.54) is 0 Å². The van der Waals surface area contributed by atoms with E-state index in [9.17, 15) is 9.59 Å². The summed E-state index contributed by atoms with van der Waals surface area (Å²) in [4.78, 5) is 22.1. The van der Waals surface area contributed by atoms with Gasteiger partial charge in [0.15, 0.2) is 0 Å². The first kappa shape index (κ1) is 11.9. The highest BCUT2D eigenvalue weighted by molar-refractivity contribution is 5.80. The van der Waals surface area contributed by atoms with Crippen molar-refractivity contribution in [3.05, 3.63) is 0 Å². The van der Waals surface area contributed by atoms with E-state index >= 15 is 0 Å². The van der Waals surface area contributed by atoms with Gasteiger partial charge >= 0.3 is 0 Å². The van der Waals surface area contributed by atoms with Crippen molar-refractivity contribution in [2.45, 2.75) is 27.7 Å². The van der Waals surface area contributed by atoms with Crippen LogP contribution in [0, 0.1) is 11.8 Å². The molecule has 0 spiro atoms. The Bertz CT molecular complexity index is 168. The first-order valence-electron chi connectivity index (χ1n) is 4.50. The molecule has 0 bridgehead atoms. The maximum Gasteiger partial charge on any atom is 0.223 e. The normalized spacial score (nSPS) is 10.3. The van der Waals surface area contributed by atoms with Crippen molar-refractivity contribution in [2.75, 3.05) is 6.67 Å². The van der Waals surface area contributed by atoms with Gasteiger partial charge in [-0.3, -0.25) is 9.59 Å². The van der Waals surface area contributed by atoms with E-state index in [1.807, 2.05) is 0 Å². The van der Waals surface area contributed by atoms with Crippen LogP contribution in [0.2, 0.25) is 0 Å². The lowest BCUT2D eigenvalue weighted by Gasteiger charge is -2.10. The number of amides is 2. The van der Waals surface area contributed by atoms with Crippen molar-refractivity contribution in [2.24, 2.45) is 11.8 Å². The molecular weight excluding hydrogens is 168 g/mol. The quantitative estimate of drug-likeness (QED) is 0.628. The van der Waals surface area contributed by atoms with E-state index in [0.717, 1.165) is 0 Å². The summed E-state index contributed by atoms with van der Waals surface area (Å²) in [6.07, 6.45) is 0. The van der Waals surface area contributed by atoms with Crippen molar-refractivity contribution >= 4 is 11.8 Å². The molecule has 0 aromatic rings. The van der Waals surface area contributed by atoms with Crippen LogP contribution >= 0.6 is 0 Å². The fourth-order valence-corrected chi connectivity index (χ4v) is 0.627. The van der Waals surface area contributed by atoms with Crippen LogP contribution in [0.15, 0.2) is 0 Å². The van der Waals surface area contributed by atoms with Gasteiger partial charge in [0.25, 0.3) is 0 Å². The lowest BCUT2D eigenvalue weighted by molar-refractivity contribution is -0.125. The van der Waals surface area contributed by atoms with Crippen molar-refractivity contribution in [3.8, 4) is 0 Å². The van der Waals surface area contributed by atoms with Crippen LogP contribution in [0.1, 0.15) is 27.7 Å². The van der Waals surface area contributed by atoms with Gasteiger partial charge in [-0.2, -0.15) is 0 Å². The van der Waals surface area contributed by atoms with Crippen molar-refractivity contribution < 1.29 is 9.59 Å². The first-order valence-corrected chi connectivity index (χ1v) is 4.50. The molecule has 4 heteroatoms. The van der Waals surface area contributed by atoms with Crippen LogP contribution in [-0.2, 0) is 9.59 Å². The Hall–Kier alpha value is -1.06. The number of carbonyl (C=O) groups is 2. The summed E-state index contributed by atoms with van der Waals surface area (Å²) < 4.78 is 0. The molecule has 0 aliphatic heterocycles. The average Bonchev–Trinajstić information content (AvgIpc) is 2.03. The summed E-state index contributed by atoms with van der Waals surface area (Å²) in [6.45, 7) is 7.44. The molecule has 76 valence electrons. The summed E-state index contributed by atoms with van der Waals surface area (Å²) in [5, 5.41) is 5.19. The van der Waals surface area contributed by atoms with Crippen molar-refractivity contribution in [1.29, 1.82) is 0 Å². The molecule has 0 rings (SSSR count). The molecule has 0 saturated heterocycles. The molecule has 0 fully saturated rings. The van der Waals surface area contributed by atoms with E-state index in [2.05, 4.69) is 10.6 Å². The summed E-state index contributed by atoms with van der Waals surface area (Å²) in [7, 11) is 0. The zero-order chi connectivity index (χ0) is 10.4.